The van der Waals surface area contributed by atoms with E-state index in [0.29, 0.717) is 6.04 Å². The van der Waals surface area contributed by atoms with Gasteiger partial charge in [0.15, 0.2) is 0 Å². The number of nitrogens with zero attached hydrogens (tertiary/aromatic N) is 4. The minimum absolute atomic E-state index is 0.408. The molecule has 2 rings (SSSR count). The molecule has 0 spiro atoms. The van der Waals surface area contributed by atoms with Crippen molar-refractivity contribution in [2.24, 2.45) is 0 Å². The van der Waals surface area contributed by atoms with Crippen molar-refractivity contribution in [1.29, 1.82) is 0 Å². The Morgan fingerprint density at radius 1 is 1.28 bits per heavy atom. The fraction of sp³-hybridized carbons (Fsp3) is 0.462. The maximum atomic E-state index is 4.30. The Labute approximate surface area is 107 Å². The number of nitrogens with one attached hydrogen (secondary N) is 1. The first-order valence-corrected chi connectivity index (χ1v) is 6.11. The summed E-state index contributed by atoms with van der Waals surface area (Å²) in [6.45, 7) is 5.02. The van der Waals surface area contributed by atoms with E-state index in [2.05, 4.69) is 38.8 Å². The van der Waals surface area contributed by atoms with Crippen LogP contribution >= 0.6 is 0 Å². The molecule has 0 saturated carbocycles. The Kier molecular flexibility index (Phi) is 4.04. The molecule has 0 fully saturated rings. The zero-order chi connectivity index (χ0) is 13.0. The lowest BCUT2D eigenvalue weighted by atomic mass is 10.1. The molecule has 0 bridgehead atoms. The van der Waals surface area contributed by atoms with Crippen LogP contribution in [0.25, 0.3) is 0 Å². The normalized spacial score (nSPS) is 12.9. The lowest BCUT2D eigenvalue weighted by molar-refractivity contribution is 0.244. The molecule has 2 heterocycles. The predicted molar refractivity (Wildman–Crippen MR) is 70.0 cm³/mol. The van der Waals surface area contributed by atoms with Crippen LogP contribution in [0.15, 0.2) is 24.8 Å². The summed E-state index contributed by atoms with van der Waals surface area (Å²) < 4.78 is 0. The van der Waals surface area contributed by atoms with E-state index in [1.54, 1.807) is 12.4 Å². The third-order valence-corrected chi connectivity index (χ3v) is 3.05. The maximum absolute atomic E-state index is 4.30. The van der Waals surface area contributed by atoms with Gasteiger partial charge in [-0.1, -0.05) is 0 Å². The van der Waals surface area contributed by atoms with E-state index in [0.717, 1.165) is 30.2 Å². The van der Waals surface area contributed by atoms with Gasteiger partial charge in [0.05, 0.1) is 5.69 Å². The molecular formula is C13H19N5. The van der Waals surface area contributed by atoms with Crippen LogP contribution in [0, 0.1) is 6.92 Å². The lowest BCUT2D eigenvalue weighted by Gasteiger charge is -2.23. The average molecular weight is 245 g/mol. The van der Waals surface area contributed by atoms with Gasteiger partial charge in [0, 0.05) is 49.5 Å². The van der Waals surface area contributed by atoms with Crippen molar-refractivity contribution in [1.82, 2.24) is 24.8 Å². The van der Waals surface area contributed by atoms with E-state index in [1.807, 2.05) is 19.3 Å². The molecule has 0 unspecified atom stereocenters. The highest BCUT2D eigenvalue weighted by Crippen LogP contribution is 2.08. The molecule has 18 heavy (non-hydrogen) atoms. The monoisotopic (exact) mass is 245 g/mol. The largest absolute Gasteiger partial charge is 0.345 e. The van der Waals surface area contributed by atoms with Crippen LogP contribution in [-0.4, -0.2) is 37.9 Å². The maximum Gasteiger partial charge on any atom is 0.103 e. The average Bonchev–Trinajstić information content (AvgIpc) is 2.76. The molecule has 1 atom stereocenters. The number of hydrogen-bond acceptors (Lipinski definition) is 4. The van der Waals surface area contributed by atoms with Gasteiger partial charge >= 0.3 is 0 Å². The number of rotatable bonds is 5. The molecular weight excluding hydrogens is 226 g/mol. The van der Waals surface area contributed by atoms with E-state index in [-0.39, 0.29) is 0 Å². The fourth-order valence-electron chi connectivity index (χ4n) is 1.87. The number of H-pyrrole nitrogens is 1. The Hall–Kier alpha value is -1.75. The van der Waals surface area contributed by atoms with Crippen molar-refractivity contribution in [3.63, 3.8) is 0 Å². The number of aromatic nitrogens is 4. The molecule has 5 nitrogen and oxygen atoms in total. The molecule has 2 aromatic heterocycles. The van der Waals surface area contributed by atoms with Crippen molar-refractivity contribution in [3.8, 4) is 0 Å². The van der Waals surface area contributed by atoms with Gasteiger partial charge in [-0.3, -0.25) is 14.9 Å². The van der Waals surface area contributed by atoms with Crippen molar-refractivity contribution in [2.45, 2.75) is 32.9 Å². The van der Waals surface area contributed by atoms with Crippen molar-refractivity contribution >= 4 is 0 Å². The van der Waals surface area contributed by atoms with Gasteiger partial charge in [0.25, 0.3) is 0 Å². The number of hydrogen-bond donors (Lipinski definition) is 1. The first-order valence-electron chi connectivity index (χ1n) is 6.11. The fourth-order valence-corrected chi connectivity index (χ4v) is 1.87. The Balaban J connectivity index is 1.90. The van der Waals surface area contributed by atoms with Gasteiger partial charge in [0.2, 0.25) is 0 Å². The quantitative estimate of drug-likeness (QED) is 0.868. The summed E-state index contributed by atoms with van der Waals surface area (Å²) in [6.07, 6.45) is 8.05. The van der Waals surface area contributed by atoms with Crippen molar-refractivity contribution in [2.75, 3.05) is 7.05 Å². The summed E-state index contributed by atoms with van der Waals surface area (Å²) in [5, 5.41) is 0. The first kappa shape index (κ1) is 12.7. The van der Waals surface area contributed by atoms with Crippen LogP contribution in [0.3, 0.4) is 0 Å². The smallest absolute Gasteiger partial charge is 0.103 e. The minimum atomic E-state index is 0.408. The van der Waals surface area contributed by atoms with Crippen molar-refractivity contribution < 1.29 is 0 Å². The Morgan fingerprint density at radius 2 is 2.11 bits per heavy atom. The summed E-state index contributed by atoms with van der Waals surface area (Å²) in [4.78, 5) is 18.1. The third kappa shape index (κ3) is 3.37. The molecule has 0 aliphatic heterocycles. The van der Waals surface area contributed by atoms with Crippen LogP contribution in [0.1, 0.15) is 24.1 Å². The Bertz CT molecular complexity index is 479. The summed E-state index contributed by atoms with van der Waals surface area (Å²) in [5.74, 6) is 0.958. The topological polar surface area (TPSA) is 57.7 Å². The van der Waals surface area contributed by atoms with Gasteiger partial charge in [-0.2, -0.15) is 0 Å². The van der Waals surface area contributed by atoms with E-state index in [9.17, 15) is 0 Å². The number of imidazole rings is 1. The first-order chi connectivity index (χ1) is 8.65. The molecule has 0 aliphatic rings. The van der Waals surface area contributed by atoms with Crippen LogP contribution < -0.4 is 0 Å². The van der Waals surface area contributed by atoms with Crippen LogP contribution in [-0.2, 0) is 13.0 Å². The standard InChI is InChI=1S/C13H19N5/c1-10(6-12-7-14-4-5-15-12)18(3)9-13-8-16-11(2)17-13/h4-5,7-8,10H,6,9H2,1-3H3,(H,16,17)/t10-/m1/s1. The molecule has 96 valence electrons. The highest BCUT2D eigenvalue weighted by atomic mass is 15.1. The highest BCUT2D eigenvalue weighted by molar-refractivity contribution is 5.01. The molecule has 0 radical (unpaired) electrons. The van der Waals surface area contributed by atoms with E-state index in [1.165, 1.54) is 0 Å². The van der Waals surface area contributed by atoms with Gasteiger partial charge in [0.1, 0.15) is 5.82 Å². The SMILES string of the molecule is Cc1ncc(CN(C)[C@H](C)Cc2cnccn2)[nH]1. The zero-order valence-electron chi connectivity index (χ0n) is 11.1. The second-order valence-corrected chi connectivity index (χ2v) is 4.66. The minimum Gasteiger partial charge on any atom is -0.345 e. The van der Waals surface area contributed by atoms with Gasteiger partial charge in [-0.05, 0) is 20.9 Å². The molecule has 0 aliphatic carbocycles. The molecule has 2 aromatic rings. The molecule has 0 amide bonds. The molecule has 0 saturated heterocycles. The van der Waals surface area contributed by atoms with E-state index >= 15 is 0 Å². The molecule has 5 heteroatoms. The number of aryl methyl sites for hydroxylation is 1. The van der Waals surface area contributed by atoms with Gasteiger partial charge in [-0.15, -0.1) is 0 Å². The van der Waals surface area contributed by atoms with E-state index in [4.69, 9.17) is 0 Å². The van der Waals surface area contributed by atoms with Crippen molar-refractivity contribution in [3.05, 3.63) is 42.0 Å². The molecule has 1 N–H and O–H groups in total. The highest BCUT2D eigenvalue weighted by Gasteiger charge is 2.12. The number of likely N-dealkylation sites (N-methyl/N-ethyl adjacent to an activating group) is 1. The lowest BCUT2D eigenvalue weighted by Crippen LogP contribution is -2.30. The summed E-state index contributed by atoms with van der Waals surface area (Å²) >= 11 is 0. The summed E-state index contributed by atoms with van der Waals surface area (Å²) in [5.41, 5.74) is 2.17. The third-order valence-electron chi connectivity index (χ3n) is 3.05. The second-order valence-electron chi connectivity index (χ2n) is 4.66. The summed E-state index contributed by atoms with van der Waals surface area (Å²) in [7, 11) is 2.11. The predicted octanol–water partition coefficient (Wildman–Crippen LogP) is 1.57. The zero-order valence-corrected chi connectivity index (χ0v) is 11.1. The van der Waals surface area contributed by atoms with Crippen LogP contribution in [0.5, 0.6) is 0 Å². The van der Waals surface area contributed by atoms with Crippen LogP contribution in [0.4, 0.5) is 0 Å². The van der Waals surface area contributed by atoms with Gasteiger partial charge in [-0.25, -0.2) is 4.98 Å². The Morgan fingerprint density at radius 3 is 2.72 bits per heavy atom. The summed E-state index contributed by atoms with van der Waals surface area (Å²) in [6, 6.07) is 0.408. The van der Waals surface area contributed by atoms with Gasteiger partial charge < -0.3 is 4.98 Å². The number of aromatic amines is 1. The molecule has 0 aromatic carbocycles. The van der Waals surface area contributed by atoms with E-state index < -0.39 is 0 Å². The second kappa shape index (κ2) is 5.73. The van der Waals surface area contributed by atoms with Crippen LogP contribution in [0.2, 0.25) is 0 Å².